The molecular formula is C21H17N3O4. The zero-order valence-corrected chi connectivity index (χ0v) is 15.0. The molecule has 0 aliphatic heterocycles. The molecule has 7 heteroatoms. The maximum Gasteiger partial charge on any atom is 0.319 e. The Kier molecular flexibility index (Phi) is 4.41. The maximum atomic E-state index is 12.3. The number of para-hydroxylation sites is 1. The van der Waals surface area contributed by atoms with Gasteiger partial charge in [-0.25, -0.2) is 4.79 Å². The first-order valence-corrected chi connectivity index (χ1v) is 8.75. The van der Waals surface area contributed by atoms with Crippen molar-refractivity contribution in [3.63, 3.8) is 0 Å². The molecule has 0 saturated heterocycles. The minimum Gasteiger partial charge on any atom is -0.449 e. The van der Waals surface area contributed by atoms with Gasteiger partial charge in [-0.3, -0.25) is 10.1 Å². The van der Waals surface area contributed by atoms with E-state index in [1.165, 1.54) is 6.07 Å². The van der Waals surface area contributed by atoms with E-state index < -0.39 is 4.92 Å². The summed E-state index contributed by atoms with van der Waals surface area (Å²) >= 11 is 0. The number of amides is 2. The number of nitrogens with zero attached hydrogens (tertiary/aromatic N) is 1. The number of nitrogens with one attached hydrogen (secondary N) is 2. The Morgan fingerprint density at radius 2 is 1.82 bits per heavy atom. The highest BCUT2D eigenvalue weighted by Gasteiger charge is 2.18. The van der Waals surface area contributed by atoms with Crippen molar-refractivity contribution in [1.29, 1.82) is 0 Å². The van der Waals surface area contributed by atoms with Gasteiger partial charge in [0, 0.05) is 28.6 Å². The maximum absolute atomic E-state index is 12.3. The topological polar surface area (TPSA) is 97.4 Å². The molecule has 2 amide bonds. The molecule has 0 aliphatic carbocycles. The molecule has 0 bridgehead atoms. The van der Waals surface area contributed by atoms with Crippen molar-refractivity contribution in [1.82, 2.24) is 5.32 Å². The number of non-ortho nitro benzene ring substituents is 1. The molecule has 2 N–H and O–H groups in total. The zero-order chi connectivity index (χ0) is 19.7. The predicted octanol–water partition coefficient (Wildman–Crippen LogP) is 5.38. The zero-order valence-electron chi connectivity index (χ0n) is 15.0. The average Bonchev–Trinajstić information content (AvgIpc) is 3.06. The monoisotopic (exact) mass is 375 g/mol. The second-order valence-electron chi connectivity index (χ2n) is 6.45. The number of urea groups is 1. The van der Waals surface area contributed by atoms with Gasteiger partial charge in [-0.15, -0.1) is 0 Å². The van der Waals surface area contributed by atoms with E-state index in [0.717, 1.165) is 10.9 Å². The Labute approximate surface area is 160 Å². The fraction of sp³-hybridized carbons (Fsp3) is 0.0952. The fourth-order valence-corrected chi connectivity index (χ4v) is 3.19. The second-order valence-corrected chi connectivity index (χ2v) is 6.45. The van der Waals surface area contributed by atoms with Crippen molar-refractivity contribution in [2.24, 2.45) is 0 Å². The fourth-order valence-electron chi connectivity index (χ4n) is 3.19. The number of anilines is 1. The van der Waals surface area contributed by atoms with Crippen LogP contribution < -0.4 is 10.6 Å². The van der Waals surface area contributed by atoms with Crippen LogP contribution in [0.2, 0.25) is 0 Å². The third-order valence-electron chi connectivity index (χ3n) is 4.58. The van der Waals surface area contributed by atoms with Gasteiger partial charge in [-0.1, -0.05) is 36.4 Å². The lowest BCUT2D eigenvalue weighted by Crippen LogP contribution is -2.31. The Morgan fingerprint density at radius 3 is 2.57 bits per heavy atom. The van der Waals surface area contributed by atoms with Crippen molar-refractivity contribution in [3.8, 4) is 0 Å². The smallest absolute Gasteiger partial charge is 0.319 e. The van der Waals surface area contributed by atoms with Crippen molar-refractivity contribution < 1.29 is 14.1 Å². The van der Waals surface area contributed by atoms with E-state index in [4.69, 9.17) is 4.42 Å². The van der Waals surface area contributed by atoms with E-state index in [1.807, 2.05) is 37.3 Å². The minimum atomic E-state index is -0.470. The third kappa shape index (κ3) is 3.25. The summed E-state index contributed by atoms with van der Waals surface area (Å²) in [7, 11) is 0. The highest BCUT2D eigenvalue weighted by molar-refractivity contribution is 6.08. The molecule has 3 aromatic carbocycles. The first-order chi connectivity index (χ1) is 13.5. The summed E-state index contributed by atoms with van der Waals surface area (Å²) in [5, 5.41) is 18.3. The Bertz CT molecular complexity index is 1180. The molecule has 4 rings (SSSR count). The van der Waals surface area contributed by atoms with E-state index in [-0.39, 0.29) is 23.3 Å². The molecule has 0 unspecified atom stereocenters. The number of carbonyl (C=O) groups is 1. The molecule has 0 radical (unpaired) electrons. The Hall–Kier alpha value is -3.87. The van der Waals surface area contributed by atoms with E-state index in [2.05, 4.69) is 10.6 Å². The molecule has 4 aromatic rings. The van der Waals surface area contributed by atoms with Crippen LogP contribution in [0.15, 0.2) is 71.1 Å². The van der Waals surface area contributed by atoms with Crippen LogP contribution in [0.1, 0.15) is 18.5 Å². The number of carbonyl (C=O) groups excluding carboxylic acids is 1. The van der Waals surface area contributed by atoms with Crippen molar-refractivity contribution in [2.75, 3.05) is 5.32 Å². The molecule has 28 heavy (non-hydrogen) atoms. The van der Waals surface area contributed by atoms with Crippen LogP contribution in [-0.2, 0) is 0 Å². The Morgan fingerprint density at radius 1 is 1.04 bits per heavy atom. The number of hydrogen-bond acceptors (Lipinski definition) is 4. The van der Waals surface area contributed by atoms with Crippen LogP contribution in [-0.4, -0.2) is 11.0 Å². The van der Waals surface area contributed by atoms with Gasteiger partial charge >= 0.3 is 11.7 Å². The molecule has 1 aromatic heterocycles. The largest absolute Gasteiger partial charge is 0.449 e. The van der Waals surface area contributed by atoms with E-state index >= 15 is 0 Å². The number of nitro benzene ring substituents is 1. The number of benzene rings is 3. The van der Waals surface area contributed by atoms with Gasteiger partial charge in [0.05, 0.1) is 11.0 Å². The van der Waals surface area contributed by atoms with E-state index in [9.17, 15) is 14.9 Å². The van der Waals surface area contributed by atoms with Gasteiger partial charge in [0.25, 0.3) is 0 Å². The summed E-state index contributed by atoms with van der Waals surface area (Å²) in [4.78, 5) is 23.0. The number of nitro groups is 1. The molecule has 7 nitrogen and oxygen atoms in total. The normalized spacial score (nSPS) is 12.0. The first-order valence-electron chi connectivity index (χ1n) is 8.75. The lowest BCUT2D eigenvalue weighted by Gasteiger charge is -2.15. The first kappa shape index (κ1) is 17.5. The standard InChI is InChI=1S/C21H17N3O4/c1-13(14-6-3-2-4-7-14)22-21(25)23-15-10-11-16-17-8-5-9-18(24(26)27)20(17)28-19(16)12-15/h2-13H,1H3,(H2,22,23,25)/t13-/m1/s1. The number of hydrogen-bond donors (Lipinski definition) is 2. The van der Waals surface area contributed by atoms with Gasteiger partial charge in [0.15, 0.2) is 0 Å². The summed E-state index contributed by atoms with van der Waals surface area (Å²) in [6.07, 6.45) is 0. The van der Waals surface area contributed by atoms with Crippen molar-refractivity contribution in [3.05, 3.63) is 82.4 Å². The van der Waals surface area contributed by atoms with Gasteiger partial charge in [0.2, 0.25) is 5.58 Å². The van der Waals surface area contributed by atoms with Gasteiger partial charge in [0.1, 0.15) is 5.58 Å². The lowest BCUT2D eigenvalue weighted by atomic mass is 10.1. The molecule has 0 fully saturated rings. The van der Waals surface area contributed by atoms with Crippen LogP contribution >= 0.6 is 0 Å². The minimum absolute atomic E-state index is 0.0855. The molecule has 0 spiro atoms. The van der Waals surface area contributed by atoms with Gasteiger partial charge < -0.3 is 15.1 Å². The van der Waals surface area contributed by atoms with Gasteiger partial charge in [-0.2, -0.15) is 0 Å². The predicted molar refractivity (Wildman–Crippen MR) is 107 cm³/mol. The summed E-state index contributed by atoms with van der Waals surface area (Å²) in [6, 6.07) is 19.1. The molecule has 1 atom stereocenters. The second kappa shape index (κ2) is 7.03. The third-order valence-corrected chi connectivity index (χ3v) is 4.58. The summed E-state index contributed by atoms with van der Waals surface area (Å²) in [6.45, 7) is 1.90. The van der Waals surface area contributed by atoms with Crippen LogP contribution in [0, 0.1) is 10.1 Å². The van der Waals surface area contributed by atoms with Crippen LogP contribution in [0.3, 0.4) is 0 Å². The van der Waals surface area contributed by atoms with Crippen molar-refractivity contribution in [2.45, 2.75) is 13.0 Å². The van der Waals surface area contributed by atoms with Crippen LogP contribution in [0.5, 0.6) is 0 Å². The summed E-state index contributed by atoms with van der Waals surface area (Å²) in [5.74, 6) is 0. The van der Waals surface area contributed by atoms with E-state index in [0.29, 0.717) is 16.7 Å². The highest BCUT2D eigenvalue weighted by Crippen LogP contribution is 2.35. The summed E-state index contributed by atoms with van der Waals surface area (Å²) in [5.41, 5.74) is 2.14. The van der Waals surface area contributed by atoms with Crippen LogP contribution in [0.25, 0.3) is 21.9 Å². The molecule has 0 saturated carbocycles. The summed E-state index contributed by atoms with van der Waals surface area (Å²) < 4.78 is 5.70. The van der Waals surface area contributed by atoms with Gasteiger partial charge in [-0.05, 0) is 30.7 Å². The molecular weight excluding hydrogens is 358 g/mol. The average molecular weight is 375 g/mol. The molecule has 0 aliphatic rings. The SMILES string of the molecule is C[C@@H](NC(=O)Nc1ccc2c(c1)oc1c([N+](=O)[O-])cccc12)c1ccccc1. The number of rotatable bonds is 4. The van der Waals surface area contributed by atoms with Crippen molar-refractivity contribution >= 4 is 39.3 Å². The molecule has 140 valence electrons. The lowest BCUT2D eigenvalue weighted by molar-refractivity contribution is -0.383. The van der Waals surface area contributed by atoms with Crippen LogP contribution in [0.4, 0.5) is 16.2 Å². The quantitative estimate of drug-likeness (QED) is 0.370. The number of furan rings is 1. The highest BCUT2D eigenvalue weighted by atomic mass is 16.6. The molecule has 1 heterocycles. The van der Waals surface area contributed by atoms with E-state index in [1.54, 1.807) is 30.3 Å². The number of fused-ring (bicyclic) bond motifs is 3. The Balaban J connectivity index is 1.58.